The number of rotatable bonds is 3. The van der Waals surface area contributed by atoms with Gasteiger partial charge in [0.25, 0.3) is 0 Å². The van der Waals surface area contributed by atoms with Gasteiger partial charge in [0.15, 0.2) is 5.75 Å². The van der Waals surface area contributed by atoms with E-state index in [0.717, 1.165) is 11.3 Å². The molecule has 1 aliphatic heterocycles. The van der Waals surface area contributed by atoms with E-state index in [9.17, 15) is 9.59 Å². The predicted octanol–water partition coefficient (Wildman–Crippen LogP) is 4.81. The van der Waals surface area contributed by atoms with Crippen molar-refractivity contribution in [1.82, 2.24) is 4.98 Å². The number of hydrogen-bond donors (Lipinski definition) is 0. The number of ether oxygens (including phenoxy) is 3. The van der Waals surface area contributed by atoms with Gasteiger partial charge in [0.1, 0.15) is 22.1 Å². The van der Waals surface area contributed by atoms with Gasteiger partial charge in [-0.05, 0) is 18.6 Å². The van der Waals surface area contributed by atoms with Gasteiger partial charge in [-0.25, -0.2) is 0 Å². The second kappa shape index (κ2) is 7.35. The topological polar surface area (TPSA) is 74.7 Å². The van der Waals surface area contributed by atoms with Crippen LogP contribution in [0, 0.1) is 5.92 Å². The summed E-state index contributed by atoms with van der Waals surface area (Å²) in [5.74, 6) is -0.664. The summed E-state index contributed by atoms with van der Waals surface area (Å²) >= 11 is 6.45. The number of hydrogen-bond acceptors (Lipinski definition) is 6. The first-order chi connectivity index (χ1) is 15.4. The van der Waals surface area contributed by atoms with Crippen LogP contribution in [0.25, 0.3) is 11.3 Å². The highest BCUT2D eigenvalue weighted by Gasteiger charge is 2.61. The SMILES string of the molecule is COc1cc(OC)c2c(c1Cl)O[C@@]1(C(=O)c3ccc(-c4ccccc4)nc3C[C@H]1C)C2=O. The molecular formula is C25H20ClNO5. The van der Waals surface area contributed by atoms with Crippen LogP contribution in [0.2, 0.25) is 5.02 Å². The molecule has 5 rings (SSSR count). The number of ketones is 2. The average Bonchev–Trinajstić information content (AvgIpc) is 3.13. The molecule has 162 valence electrons. The summed E-state index contributed by atoms with van der Waals surface area (Å²) in [6.45, 7) is 1.82. The Morgan fingerprint density at radius 2 is 1.75 bits per heavy atom. The van der Waals surface area contributed by atoms with Gasteiger partial charge in [-0.2, -0.15) is 0 Å². The van der Waals surface area contributed by atoms with E-state index in [1.165, 1.54) is 20.3 Å². The molecule has 2 atom stereocenters. The van der Waals surface area contributed by atoms with Crippen LogP contribution in [-0.4, -0.2) is 36.4 Å². The molecule has 0 unspecified atom stereocenters. The van der Waals surface area contributed by atoms with Crippen molar-refractivity contribution < 1.29 is 23.8 Å². The Morgan fingerprint density at radius 3 is 2.44 bits per heavy atom. The average molecular weight is 450 g/mol. The van der Waals surface area contributed by atoms with E-state index in [2.05, 4.69) is 0 Å². The molecule has 3 aromatic rings. The molecule has 32 heavy (non-hydrogen) atoms. The second-order valence-electron chi connectivity index (χ2n) is 7.96. The number of methoxy groups -OCH3 is 2. The van der Waals surface area contributed by atoms with Gasteiger partial charge in [0.05, 0.1) is 25.6 Å². The maximum atomic E-state index is 13.7. The Balaban J connectivity index is 1.62. The molecule has 0 saturated heterocycles. The smallest absolute Gasteiger partial charge is 0.236 e. The Hall–Kier alpha value is -3.38. The molecule has 1 aliphatic carbocycles. The van der Waals surface area contributed by atoms with Crippen molar-refractivity contribution in [1.29, 1.82) is 0 Å². The van der Waals surface area contributed by atoms with Crippen molar-refractivity contribution in [2.45, 2.75) is 18.9 Å². The largest absolute Gasteiger partial charge is 0.496 e. The van der Waals surface area contributed by atoms with E-state index in [1.54, 1.807) is 12.1 Å². The number of Topliss-reactive ketones (excluding diaryl/α,β-unsaturated/α-hetero) is 2. The molecule has 0 bridgehead atoms. The highest BCUT2D eigenvalue weighted by Crippen LogP contribution is 2.53. The molecule has 0 fully saturated rings. The summed E-state index contributed by atoms with van der Waals surface area (Å²) < 4.78 is 16.8. The van der Waals surface area contributed by atoms with Crippen LogP contribution in [0.3, 0.4) is 0 Å². The summed E-state index contributed by atoms with van der Waals surface area (Å²) in [6, 6.07) is 14.8. The van der Waals surface area contributed by atoms with Crippen LogP contribution < -0.4 is 14.2 Å². The highest BCUT2D eigenvalue weighted by molar-refractivity contribution is 6.36. The monoisotopic (exact) mass is 449 g/mol. The lowest BCUT2D eigenvalue weighted by atomic mass is 9.71. The lowest BCUT2D eigenvalue weighted by Crippen LogP contribution is -2.56. The van der Waals surface area contributed by atoms with Crippen molar-refractivity contribution in [2.75, 3.05) is 14.2 Å². The van der Waals surface area contributed by atoms with Crippen LogP contribution in [-0.2, 0) is 6.42 Å². The van der Waals surface area contributed by atoms with Gasteiger partial charge < -0.3 is 14.2 Å². The van der Waals surface area contributed by atoms with Crippen LogP contribution >= 0.6 is 11.6 Å². The summed E-state index contributed by atoms with van der Waals surface area (Å²) in [4.78, 5) is 32.2. The zero-order valence-corrected chi connectivity index (χ0v) is 18.5. The molecule has 7 heteroatoms. The van der Waals surface area contributed by atoms with Gasteiger partial charge in [0.2, 0.25) is 17.2 Å². The third-order valence-corrected chi connectivity index (χ3v) is 6.60. The number of aromatic nitrogens is 1. The maximum Gasteiger partial charge on any atom is 0.236 e. The molecular weight excluding hydrogens is 430 g/mol. The number of nitrogens with zero attached hydrogens (tertiary/aromatic N) is 1. The highest BCUT2D eigenvalue weighted by atomic mass is 35.5. The zero-order chi connectivity index (χ0) is 22.6. The molecule has 0 radical (unpaired) electrons. The minimum atomic E-state index is -1.71. The number of pyridine rings is 1. The summed E-state index contributed by atoms with van der Waals surface area (Å²) in [7, 11) is 2.90. The predicted molar refractivity (Wildman–Crippen MR) is 119 cm³/mol. The molecule has 2 aromatic carbocycles. The molecule has 2 aliphatic rings. The first-order valence-electron chi connectivity index (χ1n) is 10.2. The van der Waals surface area contributed by atoms with Crippen molar-refractivity contribution >= 4 is 23.2 Å². The normalized spacial score (nSPS) is 21.2. The maximum absolute atomic E-state index is 13.7. The van der Waals surface area contributed by atoms with E-state index in [1.807, 2.05) is 37.3 Å². The molecule has 1 spiro atoms. The van der Waals surface area contributed by atoms with Crippen molar-refractivity contribution in [3.8, 4) is 28.5 Å². The van der Waals surface area contributed by atoms with Crippen molar-refractivity contribution in [2.24, 2.45) is 5.92 Å². The number of carbonyl (C=O) groups excluding carboxylic acids is 2. The Bertz CT molecular complexity index is 1270. The first-order valence-corrected chi connectivity index (χ1v) is 10.6. The van der Waals surface area contributed by atoms with Gasteiger partial charge >= 0.3 is 0 Å². The molecule has 2 heterocycles. The third-order valence-electron chi connectivity index (χ3n) is 6.24. The fraction of sp³-hybridized carbons (Fsp3) is 0.240. The summed E-state index contributed by atoms with van der Waals surface area (Å²) in [6.07, 6.45) is 0.401. The molecule has 0 amide bonds. The van der Waals surface area contributed by atoms with Crippen LogP contribution in [0.1, 0.15) is 33.3 Å². The molecule has 0 saturated carbocycles. The van der Waals surface area contributed by atoms with Crippen LogP contribution in [0.15, 0.2) is 48.5 Å². The number of halogens is 1. The number of benzene rings is 2. The lowest BCUT2D eigenvalue weighted by Gasteiger charge is -2.36. The minimum absolute atomic E-state index is 0.116. The van der Waals surface area contributed by atoms with Crippen LogP contribution in [0.4, 0.5) is 0 Å². The zero-order valence-electron chi connectivity index (χ0n) is 17.8. The second-order valence-corrected chi connectivity index (χ2v) is 8.34. The van der Waals surface area contributed by atoms with Gasteiger partial charge in [-0.15, -0.1) is 0 Å². The van der Waals surface area contributed by atoms with E-state index in [0.29, 0.717) is 23.4 Å². The van der Waals surface area contributed by atoms with Crippen molar-refractivity contribution in [3.63, 3.8) is 0 Å². The number of carbonyl (C=O) groups is 2. The summed E-state index contributed by atoms with van der Waals surface area (Å²) in [5, 5.41) is 0.136. The van der Waals surface area contributed by atoms with E-state index in [4.69, 9.17) is 30.8 Å². The van der Waals surface area contributed by atoms with Gasteiger partial charge in [-0.1, -0.05) is 48.9 Å². The molecule has 1 aromatic heterocycles. The van der Waals surface area contributed by atoms with E-state index < -0.39 is 23.1 Å². The fourth-order valence-electron chi connectivity index (χ4n) is 4.57. The Morgan fingerprint density at radius 1 is 1.03 bits per heavy atom. The summed E-state index contributed by atoms with van der Waals surface area (Å²) in [5.41, 5.74) is 1.21. The van der Waals surface area contributed by atoms with Gasteiger partial charge in [0, 0.05) is 23.1 Å². The standard InChI is InChI=1S/C25H20ClNO5/c1-13-11-17-15(9-10-16(27-17)14-7-5-4-6-8-14)23(28)25(13)24(29)20-18(30-2)12-19(31-3)21(26)22(20)32-25/h4-10,12-13H,11H2,1-3H3/t13-,25+/m1/s1. The Kier molecular flexibility index (Phi) is 4.71. The number of fused-ring (bicyclic) bond motifs is 2. The fourth-order valence-corrected chi connectivity index (χ4v) is 4.83. The first kappa shape index (κ1) is 20.5. The lowest BCUT2D eigenvalue weighted by molar-refractivity contribution is 0.0257. The van der Waals surface area contributed by atoms with Crippen molar-refractivity contribution in [3.05, 3.63) is 70.4 Å². The quantitative estimate of drug-likeness (QED) is 0.534. The van der Waals surface area contributed by atoms with Gasteiger partial charge in [-0.3, -0.25) is 14.6 Å². The minimum Gasteiger partial charge on any atom is -0.496 e. The third kappa shape index (κ3) is 2.69. The van der Waals surface area contributed by atoms with E-state index in [-0.39, 0.29) is 22.1 Å². The Labute approximate surface area is 190 Å². The van der Waals surface area contributed by atoms with Crippen LogP contribution in [0.5, 0.6) is 17.2 Å². The molecule has 6 nitrogen and oxygen atoms in total. The molecule has 0 N–H and O–H groups in total. The van der Waals surface area contributed by atoms with E-state index >= 15 is 0 Å².